The minimum absolute atomic E-state index is 0.0139. The van der Waals surface area contributed by atoms with Crippen LogP contribution < -0.4 is 0 Å². The summed E-state index contributed by atoms with van der Waals surface area (Å²) < 4.78 is 0. The first kappa shape index (κ1) is 9.07. The fourth-order valence-electron chi connectivity index (χ4n) is 1.31. The van der Waals surface area contributed by atoms with Gasteiger partial charge in [0.15, 0.2) is 0 Å². The molecule has 3 heteroatoms. The first-order valence-electron chi connectivity index (χ1n) is 4.06. The molecule has 1 aliphatic heterocycles. The predicted octanol–water partition coefficient (Wildman–Crippen LogP) is 1.08. The molecule has 1 rings (SSSR count). The molecule has 0 saturated carbocycles. The third kappa shape index (κ3) is 2.83. The lowest BCUT2D eigenvalue weighted by molar-refractivity contribution is -0.123. The van der Waals surface area contributed by atoms with Crippen LogP contribution in [0.2, 0.25) is 0 Å². The summed E-state index contributed by atoms with van der Waals surface area (Å²) >= 11 is 1.85. The summed E-state index contributed by atoms with van der Waals surface area (Å²) in [6, 6.07) is 0. The highest BCUT2D eigenvalue weighted by Gasteiger charge is 2.20. The molecule has 0 aromatic rings. The maximum absolute atomic E-state index is 11.2. The van der Waals surface area contributed by atoms with Gasteiger partial charge < -0.3 is 5.11 Å². The lowest BCUT2D eigenvalue weighted by Gasteiger charge is -2.19. The van der Waals surface area contributed by atoms with Crippen molar-refractivity contribution in [2.45, 2.75) is 19.3 Å². The van der Waals surface area contributed by atoms with Crippen molar-refractivity contribution in [2.24, 2.45) is 5.92 Å². The number of thioether (sulfide) groups is 1. The number of rotatable bonds is 3. The summed E-state index contributed by atoms with van der Waals surface area (Å²) in [4.78, 5) is 11.2. The summed E-state index contributed by atoms with van der Waals surface area (Å²) in [5.41, 5.74) is 0. The fraction of sp³-hybridized carbons (Fsp3) is 0.875. The van der Waals surface area contributed by atoms with E-state index < -0.39 is 0 Å². The van der Waals surface area contributed by atoms with Crippen molar-refractivity contribution in [3.8, 4) is 0 Å². The molecule has 0 radical (unpaired) electrons. The normalized spacial score (nSPS) is 25.0. The molecule has 1 unspecified atom stereocenters. The second-order valence-electron chi connectivity index (χ2n) is 2.85. The molecule has 1 aliphatic rings. The van der Waals surface area contributed by atoms with Crippen LogP contribution in [0.25, 0.3) is 0 Å². The maximum atomic E-state index is 11.2. The second-order valence-corrected chi connectivity index (χ2v) is 4.00. The van der Waals surface area contributed by atoms with Crippen LogP contribution in [0.15, 0.2) is 0 Å². The summed E-state index contributed by atoms with van der Waals surface area (Å²) in [6.45, 7) is 0.0139. The van der Waals surface area contributed by atoms with Crippen LogP contribution >= 0.6 is 11.8 Å². The molecule has 0 aliphatic carbocycles. The highest BCUT2D eigenvalue weighted by molar-refractivity contribution is 7.99. The largest absolute Gasteiger partial charge is 0.396 e. The summed E-state index contributed by atoms with van der Waals surface area (Å²) in [6.07, 6.45) is 2.55. The summed E-state index contributed by atoms with van der Waals surface area (Å²) in [5.74, 6) is 2.66. The van der Waals surface area contributed by atoms with Gasteiger partial charge in [-0.15, -0.1) is 0 Å². The number of aliphatic hydroxyl groups excluding tert-OH is 1. The molecule has 0 aromatic heterocycles. The topological polar surface area (TPSA) is 37.3 Å². The van der Waals surface area contributed by atoms with E-state index in [-0.39, 0.29) is 18.3 Å². The van der Waals surface area contributed by atoms with Gasteiger partial charge in [0, 0.05) is 24.7 Å². The van der Waals surface area contributed by atoms with Gasteiger partial charge in [-0.1, -0.05) is 0 Å². The smallest absolute Gasteiger partial charge is 0.139 e. The van der Waals surface area contributed by atoms with Gasteiger partial charge in [0.05, 0.1) is 0 Å². The Morgan fingerprint density at radius 1 is 1.64 bits per heavy atom. The van der Waals surface area contributed by atoms with Crippen LogP contribution in [0.5, 0.6) is 0 Å². The predicted molar refractivity (Wildman–Crippen MR) is 46.8 cm³/mol. The molecule has 0 bridgehead atoms. The van der Waals surface area contributed by atoms with E-state index in [0.29, 0.717) is 6.42 Å². The molecular formula is C8H14O2S. The minimum Gasteiger partial charge on any atom is -0.396 e. The Hall–Kier alpha value is -0.0200. The molecule has 64 valence electrons. The molecule has 1 saturated heterocycles. The summed E-state index contributed by atoms with van der Waals surface area (Å²) in [7, 11) is 0. The zero-order valence-electron chi connectivity index (χ0n) is 6.58. The number of hydrogen-bond acceptors (Lipinski definition) is 3. The minimum atomic E-state index is 0.0139. The number of hydrogen-bond donors (Lipinski definition) is 1. The molecule has 2 nitrogen and oxygen atoms in total. The van der Waals surface area contributed by atoms with E-state index in [1.165, 1.54) is 5.75 Å². The van der Waals surface area contributed by atoms with Crippen molar-refractivity contribution in [1.82, 2.24) is 0 Å². The number of Topliss-reactive ketones (excluding diaryl/α,β-unsaturated/α-hetero) is 1. The Morgan fingerprint density at radius 2 is 2.45 bits per heavy atom. The first-order valence-corrected chi connectivity index (χ1v) is 5.21. The Kier molecular flexibility index (Phi) is 3.94. The Morgan fingerprint density at radius 3 is 3.00 bits per heavy atom. The van der Waals surface area contributed by atoms with Gasteiger partial charge >= 0.3 is 0 Å². The van der Waals surface area contributed by atoms with E-state index in [1.807, 2.05) is 11.8 Å². The average Bonchev–Trinajstić information content (AvgIpc) is 2.07. The third-order valence-corrected chi connectivity index (χ3v) is 3.19. The monoisotopic (exact) mass is 174 g/mol. The average molecular weight is 174 g/mol. The first-order chi connectivity index (χ1) is 5.34. The van der Waals surface area contributed by atoms with Gasteiger partial charge in [-0.3, -0.25) is 4.79 Å². The molecule has 11 heavy (non-hydrogen) atoms. The molecule has 0 aromatic carbocycles. The van der Waals surface area contributed by atoms with Crippen molar-refractivity contribution >= 4 is 17.5 Å². The molecule has 1 atom stereocenters. The van der Waals surface area contributed by atoms with Crippen LogP contribution in [0.4, 0.5) is 0 Å². The third-order valence-electron chi connectivity index (χ3n) is 1.97. The molecule has 0 amide bonds. The summed E-state index contributed by atoms with van der Waals surface area (Å²) in [5, 5.41) is 8.54. The SMILES string of the molecule is O=C(CCO)C1CCCSC1. The van der Waals surface area contributed by atoms with E-state index in [2.05, 4.69) is 0 Å². The van der Waals surface area contributed by atoms with Crippen LogP contribution in [-0.4, -0.2) is 29.0 Å². The molecule has 0 spiro atoms. The van der Waals surface area contributed by atoms with Crippen molar-refractivity contribution in [1.29, 1.82) is 0 Å². The zero-order chi connectivity index (χ0) is 8.10. The van der Waals surface area contributed by atoms with Gasteiger partial charge in [0.2, 0.25) is 0 Å². The van der Waals surface area contributed by atoms with E-state index in [9.17, 15) is 4.79 Å². The van der Waals surface area contributed by atoms with Gasteiger partial charge in [-0.05, 0) is 18.6 Å². The number of aliphatic hydroxyl groups is 1. The van der Waals surface area contributed by atoms with Crippen LogP contribution in [0, 0.1) is 5.92 Å². The van der Waals surface area contributed by atoms with Crippen LogP contribution in [-0.2, 0) is 4.79 Å². The highest BCUT2D eigenvalue weighted by atomic mass is 32.2. The second kappa shape index (κ2) is 4.78. The number of carbonyl (C=O) groups is 1. The van der Waals surface area contributed by atoms with Crippen LogP contribution in [0.1, 0.15) is 19.3 Å². The van der Waals surface area contributed by atoms with Crippen molar-refractivity contribution < 1.29 is 9.90 Å². The lowest BCUT2D eigenvalue weighted by Crippen LogP contribution is -2.21. The van der Waals surface area contributed by atoms with Gasteiger partial charge in [-0.2, -0.15) is 11.8 Å². The van der Waals surface area contributed by atoms with E-state index in [1.54, 1.807) is 0 Å². The lowest BCUT2D eigenvalue weighted by atomic mass is 9.98. The fourth-order valence-corrected chi connectivity index (χ4v) is 2.48. The number of ketones is 1. The quantitative estimate of drug-likeness (QED) is 0.695. The van der Waals surface area contributed by atoms with E-state index in [0.717, 1.165) is 18.6 Å². The number of carbonyl (C=O) groups excluding carboxylic acids is 1. The Bertz CT molecular complexity index is 130. The molecular weight excluding hydrogens is 160 g/mol. The van der Waals surface area contributed by atoms with Gasteiger partial charge in [0.25, 0.3) is 0 Å². The Labute approximate surface area is 71.4 Å². The highest BCUT2D eigenvalue weighted by Crippen LogP contribution is 2.23. The zero-order valence-corrected chi connectivity index (χ0v) is 7.40. The van der Waals surface area contributed by atoms with Crippen molar-refractivity contribution in [3.63, 3.8) is 0 Å². The van der Waals surface area contributed by atoms with Gasteiger partial charge in [0.1, 0.15) is 5.78 Å². The molecule has 1 N–H and O–H groups in total. The van der Waals surface area contributed by atoms with Gasteiger partial charge in [-0.25, -0.2) is 0 Å². The molecule has 1 heterocycles. The Balaban J connectivity index is 2.27. The maximum Gasteiger partial charge on any atom is 0.139 e. The van der Waals surface area contributed by atoms with Crippen LogP contribution in [0.3, 0.4) is 0 Å². The van der Waals surface area contributed by atoms with Crippen molar-refractivity contribution in [3.05, 3.63) is 0 Å². The van der Waals surface area contributed by atoms with E-state index in [4.69, 9.17) is 5.11 Å². The standard InChI is InChI=1S/C8H14O2S/c9-4-3-8(10)7-2-1-5-11-6-7/h7,9H,1-6H2. The molecule has 1 fully saturated rings. The van der Waals surface area contributed by atoms with E-state index >= 15 is 0 Å². The van der Waals surface area contributed by atoms with Crippen molar-refractivity contribution in [2.75, 3.05) is 18.1 Å².